The molecule has 1 aliphatic carbocycles. The highest BCUT2D eigenvalue weighted by Gasteiger charge is 2.43. The van der Waals surface area contributed by atoms with Gasteiger partial charge in [-0.25, -0.2) is 4.79 Å². The molecule has 3 aromatic rings. The average Bonchev–Trinajstić information content (AvgIpc) is 3.33. The van der Waals surface area contributed by atoms with Crippen LogP contribution in [0.5, 0.6) is 0 Å². The number of esters is 1. The van der Waals surface area contributed by atoms with Crippen molar-refractivity contribution < 1.29 is 18.7 Å². The molecule has 7 heteroatoms. The smallest absolute Gasteiger partial charge is 0.337 e. The van der Waals surface area contributed by atoms with E-state index in [1.807, 2.05) is 30.5 Å². The normalized spacial score (nSPS) is 20.3. The maximum atomic E-state index is 13.7. The first-order chi connectivity index (χ1) is 16.7. The molecule has 0 amide bonds. The number of hydrogen-bond donors (Lipinski definition) is 1. The Labute approximate surface area is 207 Å². The number of benzene rings is 1. The quantitative estimate of drug-likeness (QED) is 0.489. The summed E-state index contributed by atoms with van der Waals surface area (Å²) in [4.78, 5) is 41.8. The Bertz CT molecular complexity index is 1460. The molecule has 35 heavy (non-hydrogen) atoms. The number of hydrogen-bond acceptors (Lipinski definition) is 7. The molecule has 0 fully saturated rings. The lowest BCUT2D eigenvalue weighted by Crippen LogP contribution is -2.37. The first-order valence-corrected chi connectivity index (χ1v) is 12.6. The minimum Gasteiger partial charge on any atom is -0.464 e. The summed E-state index contributed by atoms with van der Waals surface area (Å²) in [7, 11) is 0. The molecule has 1 aromatic carbocycles. The molecule has 1 aliphatic heterocycles. The van der Waals surface area contributed by atoms with Crippen molar-refractivity contribution >= 4 is 34.1 Å². The molecule has 1 N–H and O–H groups in total. The number of allylic oxidation sites excluding steroid dienone is 3. The largest absolute Gasteiger partial charge is 0.464 e. The highest BCUT2D eigenvalue weighted by Crippen LogP contribution is 2.46. The summed E-state index contributed by atoms with van der Waals surface area (Å²) in [5.74, 6) is -1.41. The van der Waals surface area contributed by atoms with E-state index in [1.165, 1.54) is 6.26 Å². The van der Waals surface area contributed by atoms with Crippen LogP contribution in [0, 0.1) is 6.92 Å². The van der Waals surface area contributed by atoms with E-state index in [9.17, 15) is 14.4 Å². The fourth-order valence-corrected chi connectivity index (χ4v) is 5.91. The second-order valence-electron chi connectivity index (χ2n) is 9.51. The lowest BCUT2D eigenvalue weighted by molar-refractivity contribution is -0.143. The monoisotopic (exact) mass is 489 g/mol. The van der Waals surface area contributed by atoms with Crippen molar-refractivity contribution in [3.8, 4) is 0 Å². The Morgan fingerprint density at radius 1 is 1.17 bits per heavy atom. The molecule has 0 saturated carbocycles. The van der Waals surface area contributed by atoms with Crippen LogP contribution in [0.15, 0.2) is 73.7 Å². The van der Waals surface area contributed by atoms with E-state index in [4.69, 9.17) is 9.15 Å². The van der Waals surface area contributed by atoms with Crippen LogP contribution in [0.1, 0.15) is 61.5 Å². The van der Waals surface area contributed by atoms with Crippen LogP contribution < -0.4 is 10.7 Å². The van der Waals surface area contributed by atoms with Gasteiger partial charge in [0.05, 0.1) is 29.2 Å². The van der Waals surface area contributed by atoms with Gasteiger partial charge in [0.15, 0.2) is 11.2 Å². The number of aryl methyl sites for hydroxylation is 1. The minimum atomic E-state index is -0.851. The molecule has 0 radical (unpaired) electrons. The van der Waals surface area contributed by atoms with Gasteiger partial charge in [-0.05, 0) is 57.7 Å². The average molecular weight is 490 g/mol. The summed E-state index contributed by atoms with van der Waals surface area (Å²) in [5.41, 5.74) is 3.49. The van der Waals surface area contributed by atoms with Gasteiger partial charge in [0.2, 0.25) is 0 Å². The van der Waals surface area contributed by atoms with E-state index in [1.54, 1.807) is 44.2 Å². The highest BCUT2D eigenvalue weighted by atomic mass is 32.1. The Morgan fingerprint density at radius 3 is 2.69 bits per heavy atom. The molecule has 3 heterocycles. The summed E-state index contributed by atoms with van der Waals surface area (Å²) in [6.45, 7) is 7.24. The van der Waals surface area contributed by atoms with Gasteiger partial charge in [0.1, 0.15) is 5.58 Å². The minimum absolute atomic E-state index is 0.0574. The van der Waals surface area contributed by atoms with Crippen LogP contribution in [0.3, 0.4) is 0 Å². The molecule has 0 saturated heterocycles. The van der Waals surface area contributed by atoms with E-state index in [-0.39, 0.29) is 34.4 Å². The molecule has 6 nitrogen and oxygen atoms in total. The highest BCUT2D eigenvalue weighted by molar-refractivity contribution is 7.10. The molecule has 180 valence electrons. The Hall–Kier alpha value is -3.45. The predicted molar refractivity (Wildman–Crippen MR) is 135 cm³/mol. The van der Waals surface area contributed by atoms with Crippen molar-refractivity contribution in [2.24, 2.45) is 0 Å². The van der Waals surface area contributed by atoms with E-state index in [0.717, 1.165) is 16.1 Å². The number of carbonyl (C=O) groups is 2. The number of ether oxygens (including phenoxy) is 1. The number of carbonyl (C=O) groups excluding carboxylic acids is 2. The van der Waals surface area contributed by atoms with Crippen molar-refractivity contribution in [2.75, 3.05) is 0 Å². The Balaban J connectivity index is 1.70. The van der Waals surface area contributed by atoms with Gasteiger partial charge in [0.25, 0.3) is 0 Å². The fourth-order valence-electron chi connectivity index (χ4n) is 5.08. The van der Waals surface area contributed by atoms with Crippen LogP contribution in [0.4, 0.5) is 0 Å². The van der Waals surface area contributed by atoms with Crippen molar-refractivity contribution in [3.63, 3.8) is 0 Å². The van der Waals surface area contributed by atoms with E-state index in [0.29, 0.717) is 35.1 Å². The van der Waals surface area contributed by atoms with Gasteiger partial charge in [-0.3, -0.25) is 9.59 Å². The van der Waals surface area contributed by atoms with E-state index >= 15 is 0 Å². The lowest BCUT2D eigenvalue weighted by atomic mass is 9.73. The van der Waals surface area contributed by atoms with Crippen molar-refractivity contribution in [2.45, 2.75) is 58.5 Å². The number of nitrogens with one attached hydrogen (secondary N) is 1. The van der Waals surface area contributed by atoms with Gasteiger partial charge in [0, 0.05) is 39.7 Å². The predicted octanol–water partition coefficient (Wildman–Crippen LogP) is 5.48. The summed E-state index contributed by atoms with van der Waals surface area (Å²) < 4.78 is 11.4. The topological polar surface area (TPSA) is 85.6 Å². The van der Waals surface area contributed by atoms with Gasteiger partial charge >= 0.3 is 5.97 Å². The SMILES string of the molecule is CC1=C(C(=O)OC(C)C)[C@H](c2coc3ccc(C)cc3c2=O)C2=C(C[C@@H](c3cccs3)CC2=O)N1. The molecular weight excluding hydrogens is 462 g/mol. The van der Waals surface area contributed by atoms with Crippen LogP contribution in [0.2, 0.25) is 0 Å². The van der Waals surface area contributed by atoms with Crippen LogP contribution >= 0.6 is 11.3 Å². The molecule has 2 atom stereocenters. The summed E-state index contributed by atoms with van der Waals surface area (Å²) in [6.07, 6.45) is 2.00. The van der Waals surface area contributed by atoms with Crippen LogP contribution in [-0.2, 0) is 14.3 Å². The second kappa shape index (κ2) is 8.96. The zero-order valence-electron chi connectivity index (χ0n) is 20.1. The molecular formula is C28H27NO5S. The number of fused-ring (bicyclic) bond motifs is 1. The van der Waals surface area contributed by atoms with Crippen molar-refractivity contribution in [1.29, 1.82) is 0 Å². The number of Topliss-reactive ketones (excluding diaryl/α,β-unsaturated/α-hetero) is 1. The molecule has 0 bridgehead atoms. The number of dihydropyridines is 1. The third-order valence-electron chi connectivity index (χ3n) is 6.60. The van der Waals surface area contributed by atoms with Gasteiger partial charge in [-0.2, -0.15) is 0 Å². The lowest BCUT2D eigenvalue weighted by Gasteiger charge is -2.36. The maximum absolute atomic E-state index is 13.7. The van der Waals surface area contributed by atoms with Crippen LogP contribution in [0.25, 0.3) is 11.0 Å². The van der Waals surface area contributed by atoms with E-state index in [2.05, 4.69) is 5.32 Å². The summed E-state index contributed by atoms with van der Waals surface area (Å²) in [5, 5.41) is 5.76. The standard InChI is InChI=1S/C28H27NO5S/c1-14(2)34-28(32)24-16(4)29-20-11-17(23-6-5-9-35-23)12-21(30)26(20)25(24)19-13-33-22-8-7-15(3)10-18(22)27(19)31/h5-10,13-14,17,25,29H,11-12H2,1-4H3/t17-,25+/m1/s1. The fraction of sp³-hybridized carbons (Fsp3) is 0.321. The van der Waals surface area contributed by atoms with Gasteiger partial charge < -0.3 is 14.5 Å². The molecule has 0 spiro atoms. The Kier molecular flexibility index (Phi) is 5.97. The zero-order valence-corrected chi connectivity index (χ0v) is 21.0. The van der Waals surface area contributed by atoms with Crippen LogP contribution in [-0.4, -0.2) is 17.9 Å². The third-order valence-corrected chi connectivity index (χ3v) is 7.64. The number of thiophene rings is 1. The van der Waals surface area contributed by atoms with Gasteiger partial charge in [-0.15, -0.1) is 11.3 Å². The zero-order chi connectivity index (χ0) is 24.9. The van der Waals surface area contributed by atoms with Gasteiger partial charge in [-0.1, -0.05) is 17.7 Å². The number of ketones is 1. The number of rotatable bonds is 4. The first-order valence-electron chi connectivity index (χ1n) is 11.7. The second-order valence-corrected chi connectivity index (χ2v) is 10.5. The molecule has 2 aromatic heterocycles. The van der Waals surface area contributed by atoms with Crippen molar-refractivity contribution in [1.82, 2.24) is 5.32 Å². The molecule has 2 aliphatic rings. The third kappa shape index (κ3) is 4.14. The summed E-state index contributed by atoms with van der Waals surface area (Å²) >= 11 is 1.63. The molecule has 5 rings (SSSR count). The molecule has 0 unspecified atom stereocenters. The first kappa shape index (κ1) is 23.3. The summed E-state index contributed by atoms with van der Waals surface area (Å²) in [6, 6.07) is 9.44. The van der Waals surface area contributed by atoms with Crippen molar-refractivity contribution in [3.05, 3.63) is 90.7 Å². The maximum Gasteiger partial charge on any atom is 0.337 e. The Morgan fingerprint density at radius 2 is 1.97 bits per heavy atom. The van der Waals surface area contributed by atoms with E-state index < -0.39 is 11.9 Å².